The molecule has 1 atom stereocenters. The third kappa shape index (κ3) is 2.82. The molecule has 4 heteroatoms. The summed E-state index contributed by atoms with van der Waals surface area (Å²) in [7, 11) is 0. The first kappa shape index (κ1) is 12.9. The molecule has 1 aliphatic heterocycles. The fourth-order valence-electron chi connectivity index (χ4n) is 1.90. The summed E-state index contributed by atoms with van der Waals surface area (Å²) in [5.74, 6) is 0.0769. The highest BCUT2D eigenvalue weighted by atomic mass is 16.3. The number of aliphatic hydroxyl groups is 1. The van der Waals surface area contributed by atoms with E-state index in [-0.39, 0.29) is 11.9 Å². The van der Waals surface area contributed by atoms with Gasteiger partial charge in [-0.3, -0.25) is 4.79 Å². The van der Waals surface area contributed by atoms with Crippen LogP contribution in [0.3, 0.4) is 0 Å². The zero-order valence-corrected chi connectivity index (χ0v) is 11.1. The number of carbonyl (C=O) groups excluding carboxylic acids is 1. The Hall–Kier alpha value is -1.55. The van der Waals surface area contributed by atoms with Gasteiger partial charge in [0.1, 0.15) is 0 Å². The number of benzene rings is 1. The molecule has 0 fully saturated rings. The van der Waals surface area contributed by atoms with Gasteiger partial charge in [-0.2, -0.15) is 0 Å². The van der Waals surface area contributed by atoms with Crippen molar-refractivity contribution in [3.05, 3.63) is 23.8 Å². The van der Waals surface area contributed by atoms with Gasteiger partial charge in [0.25, 0.3) is 0 Å². The van der Waals surface area contributed by atoms with Crippen LogP contribution in [-0.2, 0) is 11.2 Å². The fraction of sp³-hybridized carbons (Fsp3) is 0.500. The number of rotatable bonds is 3. The van der Waals surface area contributed by atoms with Gasteiger partial charge in [-0.15, -0.1) is 0 Å². The summed E-state index contributed by atoms with van der Waals surface area (Å²) in [5.41, 5.74) is 2.24. The molecular formula is C14H20N2O2. The van der Waals surface area contributed by atoms with Crippen molar-refractivity contribution in [3.8, 4) is 0 Å². The normalized spacial score (nSPS) is 16.8. The summed E-state index contributed by atoms with van der Waals surface area (Å²) >= 11 is 0. The minimum absolute atomic E-state index is 0.0475. The summed E-state index contributed by atoms with van der Waals surface area (Å²) in [5, 5.41) is 16.0. The Morgan fingerprint density at radius 1 is 1.39 bits per heavy atom. The molecule has 98 valence electrons. The third-order valence-corrected chi connectivity index (χ3v) is 3.44. The molecule has 0 aliphatic carbocycles. The maximum atomic E-state index is 11.3. The van der Waals surface area contributed by atoms with Crippen LogP contribution in [0.4, 0.5) is 11.4 Å². The molecular weight excluding hydrogens is 228 g/mol. The van der Waals surface area contributed by atoms with Gasteiger partial charge in [-0.05, 0) is 51.0 Å². The van der Waals surface area contributed by atoms with Crippen LogP contribution in [0.5, 0.6) is 0 Å². The van der Waals surface area contributed by atoms with Gasteiger partial charge in [0.2, 0.25) is 5.91 Å². The van der Waals surface area contributed by atoms with Crippen molar-refractivity contribution in [2.75, 3.05) is 10.6 Å². The second-order valence-corrected chi connectivity index (χ2v) is 5.44. The first-order valence-corrected chi connectivity index (χ1v) is 6.28. The predicted molar refractivity (Wildman–Crippen MR) is 72.8 cm³/mol. The van der Waals surface area contributed by atoms with E-state index in [1.807, 2.05) is 25.1 Å². The van der Waals surface area contributed by atoms with E-state index in [0.717, 1.165) is 23.4 Å². The summed E-state index contributed by atoms with van der Waals surface area (Å²) < 4.78 is 0. The van der Waals surface area contributed by atoms with Crippen molar-refractivity contribution in [2.24, 2.45) is 0 Å². The van der Waals surface area contributed by atoms with Crippen molar-refractivity contribution in [3.63, 3.8) is 0 Å². The highest BCUT2D eigenvalue weighted by Gasteiger charge is 2.22. The molecule has 0 saturated carbocycles. The number of fused-ring (bicyclic) bond motifs is 1. The number of hydrogen-bond acceptors (Lipinski definition) is 3. The molecule has 1 heterocycles. The average molecular weight is 248 g/mol. The van der Waals surface area contributed by atoms with Crippen molar-refractivity contribution in [1.29, 1.82) is 0 Å². The molecule has 0 spiro atoms. The van der Waals surface area contributed by atoms with Crippen molar-refractivity contribution in [2.45, 2.75) is 45.3 Å². The minimum atomic E-state index is -0.774. The predicted octanol–water partition coefficient (Wildman–Crippen LogP) is 2.14. The fourth-order valence-corrected chi connectivity index (χ4v) is 1.90. The molecule has 2 rings (SSSR count). The molecule has 0 aromatic heterocycles. The van der Waals surface area contributed by atoms with E-state index in [0.29, 0.717) is 6.42 Å². The van der Waals surface area contributed by atoms with E-state index in [1.54, 1.807) is 13.8 Å². The quantitative estimate of drug-likeness (QED) is 0.768. The Labute approximate surface area is 107 Å². The molecule has 1 unspecified atom stereocenters. The number of hydrogen-bond donors (Lipinski definition) is 3. The van der Waals surface area contributed by atoms with Crippen LogP contribution in [0, 0.1) is 0 Å². The summed E-state index contributed by atoms with van der Waals surface area (Å²) in [6, 6.07) is 5.82. The number of carbonyl (C=O) groups is 1. The van der Waals surface area contributed by atoms with Crippen molar-refractivity contribution in [1.82, 2.24) is 0 Å². The molecule has 3 N–H and O–H groups in total. The Morgan fingerprint density at radius 2 is 2.11 bits per heavy atom. The second-order valence-electron chi connectivity index (χ2n) is 5.44. The largest absolute Gasteiger partial charge is 0.388 e. The van der Waals surface area contributed by atoms with Crippen molar-refractivity contribution < 1.29 is 9.90 Å². The van der Waals surface area contributed by atoms with E-state index < -0.39 is 5.60 Å². The van der Waals surface area contributed by atoms with Crippen LogP contribution in [0.15, 0.2) is 18.2 Å². The van der Waals surface area contributed by atoms with Crippen LogP contribution in [0.2, 0.25) is 0 Å². The standard InChI is InChI=1S/C14H20N2O2/c1-9(14(2,3)18)15-11-5-6-12-10(8-11)4-7-13(17)16-12/h5-6,8-9,15,18H,4,7H2,1-3H3,(H,16,17). The first-order valence-electron chi connectivity index (χ1n) is 6.28. The van der Waals surface area contributed by atoms with Crippen LogP contribution in [-0.4, -0.2) is 22.7 Å². The Balaban J connectivity index is 2.15. The molecule has 18 heavy (non-hydrogen) atoms. The van der Waals surface area contributed by atoms with E-state index in [1.165, 1.54) is 0 Å². The van der Waals surface area contributed by atoms with Crippen molar-refractivity contribution >= 4 is 17.3 Å². The van der Waals surface area contributed by atoms with Gasteiger partial charge in [-0.1, -0.05) is 0 Å². The Bertz CT molecular complexity index is 463. The van der Waals surface area contributed by atoms with Gasteiger partial charge in [0.15, 0.2) is 0 Å². The summed E-state index contributed by atoms with van der Waals surface area (Å²) in [4.78, 5) is 11.3. The summed E-state index contributed by atoms with van der Waals surface area (Å²) in [6.45, 7) is 5.51. The molecule has 1 aromatic rings. The molecule has 1 aromatic carbocycles. The lowest BCUT2D eigenvalue weighted by atomic mass is 9.99. The van der Waals surface area contributed by atoms with Gasteiger partial charge < -0.3 is 15.7 Å². The lowest BCUT2D eigenvalue weighted by Crippen LogP contribution is -2.39. The van der Waals surface area contributed by atoms with Gasteiger partial charge in [-0.25, -0.2) is 0 Å². The lowest BCUT2D eigenvalue weighted by molar-refractivity contribution is -0.116. The van der Waals surface area contributed by atoms with Crippen LogP contribution in [0.25, 0.3) is 0 Å². The van der Waals surface area contributed by atoms with E-state index in [4.69, 9.17) is 0 Å². The minimum Gasteiger partial charge on any atom is -0.388 e. The van der Waals surface area contributed by atoms with E-state index >= 15 is 0 Å². The molecule has 1 aliphatic rings. The third-order valence-electron chi connectivity index (χ3n) is 3.44. The maximum Gasteiger partial charge on any atom is 0.224 e. The number of aryl methyl sites for hydroxylation is 1. The highest BCUT2D eigenvalue weighted by molar-refractivity contribution is 5.94. The first-order chi connectivity index (χ1) is 8.36. The van der Waals surface area contributed by atoms with Crippen LogP contribution >= 0.6 is 0 Å². The maximum absolute atomic E-state index is 11.3. The van der Waals surface area contributed by atoms with E-state index in [2.05, 4.69) is 10.6 Å². The number of amides is 1. The second kappa shape index (κ2) is 4.61. The van der Waals surface area contributed by atoms with Gasteiger partial charge in [0.05, 0.1) is 11.6 Å². The summed E-state index contributed by atoms with van der Waals surface area (Å²) in [6.07, 6.45) is 1.31. The van der Waals surface area contributed by atoms with Crippen LogP contribution in [0.1, 0.15) is 32.8 Å². The molecule has 0 radical (unpaired) electrons. The highest BCUT2D eigenvalue weighted by Crippen LogP contribution is 2.26. The monoisotopic (exact) mass is 248 g/mol. The molecule has 0 bridgehead atoms. The Morgan fingerprint density at radius 3 is 2.78 bits per heavy atom. The number of nitrogens with one attached hydrogen (secondary N) is 2. The van der Waals surface area contributed by atoms with Crippen LogP contribution < -0.4 is 10.6 Å². The van der Waals surface area contributed by atoms with E-state index in [9.17, 15) is 9.90 Å². The number of anilines is 2. The van der Waals surface area contributed by atoms with Gasteiger partial charge in [0, 0.05) is 17.8 Å². The molecule has 0 saturated heterocycles. The molecule has 4 nitrogen and oxygen atoms in total. The SMILES string of the molecule is CC(Nc1ccc2c(c1)CCC(=O)N2)C(C)(C)O. The average Bonchev–Trinajstić information content (AvgIpc) is 2.28. The molecule has 1 amide bonds. The lowest BCUT2D eigenvalue weighted by Gasteiger charge is -2.28. The van der Waals surface area contributed by atoms with Gasteiger partial charge >= 0.3 is 0 Å². The smallest absolute Gasteiger partial charge is 0.224 e. The Kier molecular flexibility index (Phi) is 3.30. The zero-order chi connectivity index (χ0) is 13.3. The zero-order valence-electron chi connectivity index (χ0n) is 11.1. The topological polar surface area (TPSA) is 61.4 Å².